The van der Waals surface area contributed by atoms with Gasteiger partial charge in [0.25, 0.3) is 17.6 Å². The first-order valence-electron chi connectivity index (χ1n) is 11.5. The van der Waals surface area contributed by atoms with E-state index in [1.807, 2.05) is 5.43 Å². The van der Waals surface area contributed by atoms with Crippen LogP contribution in [0.3, 0.4) is 0 Å². The summed E-state index contributed by atoms with van der Waals surface area (Å²) in [4.78, 5) is 68.5. The molecule has 0 unspecified atom stereocenters. The number of carbonyl (C=O) groups is 4. The molecular formula is C21H21N11O6S3. The Hall–Kier alpha value is -4.27. The van der Waals surface area contributed by atoms with Gasteiger partial charge in [0.2, 0.25) is 5.82 Å². The highest BCUT2D eigenvalue weighted by molar-refractivity contribution is 8.01. The van der Waals surface area contributed by atoms with E-state index >= 15 is 0 Å². The number of anilines is 1. The molecule has 5 rings (SSSR count). The quantitative estimate of drug-likeness (QED) is 0.0365. The number of nitrogen functional groups attached to an aromatic ring is 2. The van der Waals surface area contributed by atoms with E-state index in [9.17, 15) is 24.3 Å². The van der Waals surface area contributed by atoms with Crippen molar-refractivity contribution in [3.05, 3.63) is 39.9 Å². The normalized spacial score (nSPS) is 18.7. The second-order valence-corrected chi connectivity index (χ2v) is 11.4. The van der Waals surface area contributed by atoms with Gasteiger partial charge in [-0.1, -0.05) is 5.16 Å². The van der Waals surface area contributed by atoms with Crippen LogP contribution >= 0.6 is 34.9 Å². The summed E-state index contributed by atoms with van der Waals surface area (Å²) in [5.74, 6) is 2.37. The van der Waals surface area contributed by atoms with Crippen molar-refractivity contribution in [2.45, 2.75) is 23.4 Å². The maximum atomic E-state index is 13.1. The number of rotatable bonds is 9. The molecule has 41 heavy (non-hydrogen) atoms. The highest BCUT2D eigenvalue weighted by atomic mass is 32.2. The summed E-state index contributed by atoms with van der Waals surface area (Å²) in [6.07, 6.45) is 0. The number of hydrogen-bond acceptors (Lipinski definition) is 15. The zero-order chi connectivity index (χ0) is 29.4. The number of oxime groups is 1. The van der Waals surface area contributed by atoms with Crippen LogP contribution < -0.4 is 22.3 Å². The number of nitrogens with zero attached hydrogens (tertiary/aromatic N) is 7. The minimum absolute atomic E-state index is 0.154. The molecule has 3 aromatic rings. The molecule has 214 valence electrons. The number of hydrazine groups is 1. The van der Waals surface area contributed by atoms with E-state index in [0.717, 1.165) is 16.2 Å². The average molecular weight is 620 g/mol. The lowest BCUT2D eigenvalue weighted by Gasteiger charge is -2.49. The first-order valence-corrected chi connectivity index (χ1v) is 14.5. The molecular weight excluding hydrogens is 599 g/mol. The van der Waals surface area contributed by atoms with Crippen LogP contribution in [-0.4, -0.2) is 94.0 Å². The van der Waals surface area contributed by atoms with Crippen LogP contribution in [0.5, 0.6) is 0 Å². The number of thioether (sulfide) groups is 2. The van der Waals surface area contributed by atoms with E-state index in [2.05, 4.69) is 30.5 Å². The molecule has 17 nitrogen and oxygen atoms in total. The van der Waals surface area contributed by atoms with E-state index in [1.54, 1.807) is 13.0 Å². The SMILES string of the molecule is CO/N=C(\C(=O)N[C@@H]1C(=O)N2C(C(=O)O)=C(CSc3cc(C)nc4nc(C(=O)NN)nn34)CS[C@H]12)c1csc(N)n1. The second kappa shape index (κ2) is 11.3. The van der Waals surface area contributed by atoms with Crippen LogP contribution in [0.2, 0.25) is 0 Å². The monoisotopic (exact) mass is 619 g/mol. The summed E-state index contributed by atoms with van der Waals surface area (Å²) in [5.41, 5.74) is 8.57. The van der Waals surface area contributed by atoms with Crippen molar-refractivity contribution in [2.24, 2.45) is 11.0 Å². The van der Waals surface area contributed by atoms with Gasteiger partial charge in [0.15, 0.2) is 10.8 Å². The fourth-order valence-corrected chi connectivity index (χ4v) is 7.16. The summed E-state index contributed by atoms with van der Waals surface area (Å²) in [6, 6.07) is 0.727. The number of carbonyl (C=O) groups excluding carboxylic acids is 3. The van der Waals surface area contributed by atoms with Gasteiger partial charge in [-0.2, -0.15) is 9.50 Å². The molecule has 5 heterocycles. The lowest BCUT2D eigenvalue weighted by molar-refractivity contribution is -0.150. The molecule has 3 amide bonds. The number of nitrogens with one attached hydrogen (secondary N) is 2. The smallest absolute Gasteiger partial charge is 0.352 e. The molecule has 2 aliphatic heterocycles. The highest BCUT2D eigenvalue weighted by Gasteiger charge is 2.54. The van der Waals surface area contributed by atoms with Crippen LogP contribution in [0, 0.1) is 6.92 Å². The first-order chi connectivity index (χ1) is 19.6. The minimum atomic E-state index is -1.28. The van der Waals surface area contributed by atoms with E-state index in [-0.39, 0.29) is 45.3 Å². The molecule has 3 aromatic heterocycles. The Morgan fingerprint density at radius 1 is 1.32 bits per heavy atom. The van der Waals surface area contributed by atoms with Crippen molar-refractivity contribution < 1.29 is 29.1 Å². The maximum absolute atomic E-state index is 13.1. The van der Waals surface area contributed by atoms with Crippen LogP contribution in [0.4, 0.5) is 5.13 Å². The van der Waals surface area contributed by atoms with Gasteiger partial charge in [-0.05, 0) is 18.6 Å². The van der Waals surface area contributed by atoms with Gasteiger partial charge in [-0.3, -0.25) is 24.7 Å². The Morgan fingerprint density at radius 3 is 2.76 bits per heavy atom. The number of aryl methyl sites for hydroxylation is 1. The third-order valence-corrected chi connectivity index (χ3v) is 8.93. The van der Waals surface area contributed by atoms with E-state index in [0.29, 0.717) is 16.3 Å². The Morgan fingerprint density at radius 2 is 2.10 bits per heavy atom. The summed E-state index contributed by atoms with van der Waals surface area (Å²) in [5, 5.41) is 22.1. The van der Waals surface area contributed by atoms with Crippen LogP contribution in [-0.2, 0) is 19.2 Å². The zero-order valence-corrected chi connectivity index (χ0v) is 23.7. The third-order valence-electron chi connectivity index (χ3n) is 5.83. The predicted molar refractivity (Wildman–Crippen MR) is 148 cm³/mol. The Balaban J connectivity index is 1.35. The second-order valence-electron chi connectivity index (χ2n) is 8.46. The number of carboxylic acid groups (broad SMARTS) is 1. The maximum Gasteiger partial charge on any atom is 0.352 e. The number of β-lactam (4-membered cyclic amide) rings is 1. The lowest BCUT2D eigenvalue weighted by Crippen LogP contribution is -2.71. The Bertz CT molecular complexity index is 1650. The average Bonchev–Trinajstić information content (AvgIpc) is 3.58. The van der Waals surface area contributed by atoms with Gasteiger partial charge in [0.1, 0.15) is 34.9 Å². The van der Waals surface area contributed by atoms with Crippen molar-refractivity contribution in [2.75, 3.05) is 24.3 Å². The topological polar surface area (TPSA) is 245 Å². The van der Waals surface area contributed by atoms with Crippen molar-refractivity contribution in [1.29, 1.82) is 0 Å². The molecule has 1 fully saturated rings. The number of amides is 3. The fourth-order valence-electron chi connectivity index (χ4n) is 4.07. The molecule has 2 atom stereocenters. The standard InChI is InChI=1S/C21H21N11O6S3/c1-7-3-10(32-21(24-7)27-14(29-32)16(34)28-23)39-4-8-5-40-18-12(17(35)31(18)13(8)19(36)37)26-15(33)11(30-38-2)9-6-41-20(22)25-9/h3,6,12,18H,4-5,23H2,1-2H3,(H2,22,25)(H,26,33)(H,28,34)(H,36,37)/b30-11-/t12-,18-/m1/s1. The van der Waals surface area contributed by atoms with Gasteiger partial charge in [-0.15, -0.1) is 40.0 Å². The molecule has 0 bridgehead atoms. The van der Waals surface area contributed by atoms with Gasteiger partial charge in [0, 0.05) is 22.6 Å². The minimum Gasteiger partial charge on any atom is -0.477 e. The lowest BCUT2D eigenvalue weighted by atomic mass is 10.0. The summed E-state index contributed by atoms with van der Waals surface area (Å²) < 4.78 is 1.36. The zero-order valence-electron chi connectivity index (χ0n) is 21.2. The number of nitrogens with two attached hydrogens (primary N) is 2. The van der Waals surface area contributed by atoms with Crippen LogP contribution in [0.1, 0.15) is 22.0 Å². The number of thiazole rings is 1. The molecule has 0 spiro atoms. The van der Waals surface area contributed by atoms with Gasteiger partial charge in [-0.25, -0.2) is 20.6 Å². The van der Waals surface area contributed by atoms with Gasteiger partial charge < -0.3 is 21.0 Å². The van der Waals surface area contributed by atoms with Crippen LogP contribution in [0.15, 0.2) is 32.9 Å². The highest BCUT2D eigenvalue weighted by Crippen LogP contribution is 2.41. The molecule has 2 aliphatic rings. The molecule has 20 heteroatoms. The third kappa shape index (κ3) is 5.28. The van der Waals surface area contributed by atoms with Crippen LogP contribution in [0.25, 0.3) is 5.78 Å². The van der Waals surface area contributed by atoms with E-state index < -0.39 is 35.1 Å². The molecule has 1 saturated heterocycles. The molecule has 0 aromatic carbocycles. The summed E-state index contributed by atoms with van der Waals surface area (Å²) in [7, 11) is 1.26. The first kappa shape index (κ1) is 28.3. The summed E-state index contributed by atoms with van der Waals surface area (Å²) >= 11 is 3.66. The number of fused-ring (bicyclic) bond motifs is 2. The Labute approximate surface area is 242 Å². The summed E-state index contributed by atoms with van der Waals surface area (Å²) in [6.45, 7) is 1.74. The molecule has 0 saturated carbocycles. The molecule has 0 radical (unpaired) electrons. The van der Waals surface area contributed by atoms with E-state index in [1.165, 1.54) is 40.5 Å². The number of aliphatic carboxylic acids is 1. The van der Waals surface area contributed by atoms with Crippen molar-refractivity contribution >= 4 is 75.2 Å². The largest absolute Gasteiger partial charge is 0.477 e. The number of carboxylic acids is 1. The van der Waals surface area contributed by atoms with Crippen molar-refractivity contribution in [3.63, 3.8) is 0 Å². The number of hydrogen-bond donors (Lipinski definition) is 5. The number of aromatic nitrogens is 5. The molecule has 0 aliphatic carbocycles. The van der Waals surface area contributed by atoms with E-state index in [4.69, 9.17) is 16.4 Å². The fraction of sp³-hybridized carbons (Fsp3) is 0.286. The van der Waals surface area contributed by atoms with Crippen molar-refractivity contribution in [1.82, 2.24) is 40.2 Å². The van der Waals surface area contributed by atoms with Crippen molar-refractivity contribution in [3.8, 4) is 0 Å². The Kier molecular flexibility index (Phi) is 7.80. The molecule has 7 N–H and O–H groups in total. The predicted octanol–water partition coefficient (Wildman–Crippen LogP) is -1.04. The van der Waals surface area contributed by atoms with Gasteiger partial charge >= 0.3 is 11.9 Å². The van der Waals surface area contributed by atoms with Gasteiger partial charge in [0.05, 0.1) is 0 Å².